The second-order valence-electron chi connectivity index (χ2n) is 4.17. The second-order valence-corrected chi connectivity index (χ2v) is 4.58. The van der Waals surface area contributed by atoms with Gasteiger partial charge in [0.05, 0.1) is 5.69 Å². The van der Waals surface area contributed by atoms with Crippen molar-refractivity contribution >= 4 is 23.0 Å². The van der Waals surface area contributed by atoms with E-state index in [9.17, 15) is 4.39 Å². The van der Waals surface area contributed by atoms with Crippen molar-refractivity contribution in [3.63, 3.8) is 0 Å². The van der Waals surface area contributed by atoms with E-state index in [-0.39, 0.29) is 5.82 Å². The number of rotatable bonds is 6. The predicted molar refractivity (Wildman–Crippen MR) is 76.9 cm³/mol. The molecule has 0 spiro atoms. The molecule has 3 N–H and O–H groups in total. The van der Waals surface area contributed by atoms with Crippen molar-refractivity contribution in [3.05, 3.63) is 30.1 Å². The normalized spacial score (nSPS) is 10.2. The summed E-state index contributed by atoms with van der Waals surface area (Å²) in [6.07, 6.45) is 1.02. The van der Waals surface area contributed by atoms with Crippen LogP contribution in [0.5, 0.6) is 0 Å². The lowest BCUT2D eigenvalue weighted by Crippen LogP contribution is -2.39. The van der Waals surface area contributed by atoms with Crippen molar-refractivity contribution in [1.82, 2.24) is 15.6 Å². The number of nitrogens with zero attached hydrogens (tertiary/aromatic N) is 1. The van der Waals surface area contributed by atoms with Crippen LogP contribution in [-0.2, 0) is 0 Å². The van der Waals surface area contributed by atoms with Crippen LogP contribution in [0.2, 0.25) is 0 Å². The van der Waals surface area contributed by atoms with Gasteiger partial charge in [-0.1, -0.05) is 0 Å². The van der Waals surface area contributed by atoms with Gasteiger partial charge in [0.15, 0.2) is 5.11 Å². The fourth-order valence-electron chi connectivity index (χ4n) is 1.30. The van der Waals surface area contributed by atoms with Crippen LogP contribution in [0.1, 0.15) is 6.42 Å². The number of hydrazine groups is 1. The number of halogens is 1. The Morgan fingerprint density at radius 2 is 1.94 bits per heavy atom. The summed E-state index contributed by atoms with van der Waals surface area (Å²) < 4.78 is 12.7. The Morgan fingerprint density at radius 3 is 2.56 bits per heavy atom. The maximum atomic E-state index is 12.7. The summed E-state index contributed by atoms with van der Waals surface area (Å²) in [6.45, 7) is 1.83. The van der Waals surface area contributed by atoms with Crippen LogP contribution in [0.3, 0.4) is 0 Å². The monoisotopic (exact) mass is 270 g/mol. The van der Waals surface area contributed by atoms with Crippen molar-refractivity contribution in [3.8, 4) is 0 Å². The Balaban J connectivity index is 2.15. The molecule has 0 unspecified atom stereocenters. The number of nitrogens with one attached hydrogen (secondary N) is 3. The lowest BCUT2D eigenvalue weighted by molar-refractivity contribution is 0.400. The van der Waals surface area contributed by atoms with E-state index in [1.165, 1.54) is 12.1 Å². The Bertz CT molecular complexity index is 367. The maximum Gasteiger partial charge on any atom is 0.185 e. The average Bonchev–Trinajstić information content (AvgIpc) is 2.34. The molecule has 100 valence electrons. The summed E-state index contributed by atoms with van der Waals surface area (Å²) in [7, 11) is 4.07. The van der Waals surface area contributed by atoms with Crippen molar-refractivity contribution in [1.29, 1.82) is 0 Å². The van der Waals surface area contributed by atoms with Gasteiger partial charge in [-0.25, -0.2) is 4.39 Å². The summed E-state index contributed by atoms with van der Waals surface area (Å²) in [5.41, 5.74) is 6.49. The smallest absolute Gasteiger partial charge is 0.185 e. The van der Waals surface area contributed by atoms with Crippen LogP contribution in [0.25, 0.3) is 0 Å². The second kappa shape index (κ2) is 7.84. The predicted octanol–water partition coefficient (Wildman–Crippen LogP) is 1.57. The third-order valence-corrected chi connectivity index (χ3v) is 2.48. The lowest BCUT2D eigenvalue weighted by Gasteiger charge is -2.13. The maximum absolute atomic E-state index is 12.7. The first-order valence-corrected chi connectivity index (χ1v) is 6.19. The summed E-state index contributed by atoms with van der Waals surface area (Å²) in [6, 6.07) is 6.04. The quantitative estimate of drug-likeness (QED) is 0.416. The molecular weight excluding hydrogens is 251 g/mol. The molecule has 0 heterocycles. The van der Waals surface area contributed by atoms with Gasteiger partial charge >= 0.3 is 0 Å². The van der Waals surface area contributed by atoms with Crippen LogP contribution in [-0.4, -0.2) is 37.2 Å². The third kappa shape index (κ3) is 6.36. The molecule has 0 aromatic heterocycles. The number of benzene rings is 1. The van der Waals surface area contributed by atoms with Gasteiger partial charge in [0, 0.05) is 6.54 Å². The summed E-state index contributed by atoms with van der Waals surface area (Å²) in [4.78, 5) is 2.12. The summed E-state index contributed by atoms with van der Waals surface area (Å²) in [5.74, 6) is -0.259. The summed E-state index contributed by atoms with van der Waals surface area (Å²) in [5, 5.41) is 3.60. The molecule has 4 nitrogen and oxygen atoms in total. The number of hydrogen-bond donors (Lipinski definition) is 3. The first-order valence-electron chi connectivity index (χ1n) is 5.78. The minimum Gasteiger partial charge on any atom is -0.361 e. The van der Waals surface area contributed by atoms with Crippen molar-refractivity contribution in [2.24, 2.45) is 0 Å². The Morgan fingerprint density at radius 1 is 1.28 bits per heavy atom. The third-order valence-electron chi connectivity index (χ3n) is 2.23. The van der Waals surface area contributed by atoms with Gasteiger partial charge in [-0.05, 0) is 63.5 Å². The van der Waals surface area contributed by atoms with Crippen LogP contribution >= 0.6 is 12.2 Å². The standard InChI is InChI=1S/C12H19FN4S/c1-17(2)9-3-8-14-12(18)16-15-11-6-4-10(13)5-7-11/h4-7,15H,3,8-9H2,1-2H3,(H2,14,16,18). The lowest BCUT2D eigenvalue weighted by atomic mass is 10.3. The zero-order chi connectivity index (χ0) is 13.4. The molecular formula is C12H19FN4S. The minimum absolute atomic E-state index is 0.259. The summed E-state index contributed by atoms with van der Waals surface area (Å²) >= 11 is 5.09. The van der Waals surface area contributed by atoms with Crippen molar-refractivity contribution in [2.75, 3.05) is 32.6 Å². The highest BCUT2D eigenvalue weighted by atomic mass is 32.1. The minimum atomic E-state index is -0.259. The van der Waals surface area contributed by atoms with E-state index in [2.05, 4.69) is 21.1 Å². The Labute approximate surface area is 113 Å². The largest absolute Gasteiger partial charge is 0.361 e. The van der Waals surface area contributed by atoms with E-state index in [1.54, 1.807) is 12.1 Å². The molecule has 0 aliphatic heterocycles. The van der Waals surface area contributed by atoms with E-state index in [1.807, 2.05) is 14.1 Å². The van der Waals surface area contributed by atoms with Gasteiger partial charge in [-0.2, -0.15) is 0 Å². The first kappa shape index (κ1) is 14.7. The molecule has 1 rings (SSSR count). The molecule has 0 fully saturated rings. The highest BCUT2D eigenvalue weighted by Crippen LogP contribution is 2.06. The van der Waals surface area contributed by atoms with Gasteiger partial charge in [-0.3, -0.25) is 10.9 Å². The zero-order valence-corrected chi connectivity index (χ0v) is 11.5. The average molecular weight is 270 g/mol. The Kier molecular flexibility index (Phi) is 6.38. The SMILES string of the molecule is CN(C)CCCNC(=S)NNc1ccc(F)cc1. The fourth-order valence-corrected chi connectivity index (χ4v) is 1.46. The van der Waals surface area contributed by atoms with Gasteiger partial charge < -0.3 is 10.2 Å². The molecule has 0 radical (unpaired) electrons. The van der Waals surface area contributed by atoms with E-state index in [0.29, 0.717) is 5.11 Å². The highest BCUT2D eigenvalue weighted by molar-refractivity contribution is 7.80. The fraction of sp³-hybridized carbons (Fsp3) is 0.417. The molecule has 0 aliphatic rings. The van der Waals surface area contributed by atoms with Gasteiger partial charge in [0.25, 0.3) is 0 Å². The van der Waals surface area contributed by atoms with E-state index < -0.39 is 0 Å². The molecule has 0 atom stereocenters. The molecule has 0 saturated heterocycles. The van der Waals surface area contributed by atoms with Gasteiger partial charge in [0.2, 0.25) is 0 Å². The van der Waals surface area contributed by atoms with Crippen LogP contribution < -0.4 is 16.2 Å². The number of anilines is 1. The number of thiocarbonyl (C=S) groups is 1. The zero-order valence-electron chi connectivity index (χ0n) is 10.7. The van der Waals surface area contributed by atoms with Crippen molar-refractivity contribution < 1.29 is 4.39 Å². The molecule has 1 aromatic rings. The molecule has 0 aliphatic carbocycles. The molecule has 0 bridgehead atoms. The number of hydrogen-bond acceptors (Lipinski definition) is 3. The van der Waals surface area contributed by atoms with E-state index in [0.717, 1.165) is 25.2 Å². The topological polar surface area (TPSA) is 39.3 Å². The van der Waals surface area contributed by atoms with E-state index >= 15 is 0 Å². The molecule has 6 heteroatoms. The van der Waals surface area contributed by atoms with Gasteiger partial charge in [-0.15, -0.1) is 0 Å². The molecule has 0 saturated carbocycles. The van der Waals surface area contributed by atoms with Crippen LogP contribution in [0.4, 0.5) is 10.1 Å². The Hall–Kier alpha value is -1.40. The van der Waals surface area contributed by atoms with Crippen LogP contribution in [0.15, 0.2) is 24.3 Å². The molecule has 0 amide bonds. The molecule has 18 heavy (non-hydrogen) atoms. The van der Waals surface area contributed by atoms with Crippen LogP contribution in [0, 0.1) is 5.82 Å². The van der Waals surface area contributed by atoms with Crippen molar-refractivity contribution in [2.45, 2.75) is 6.42 Å². The highest BCUT2D eigenvalue weighted by Gasteiger charge is 1.96. The van der Waals surface area contributed by atoms with Gasteiger partial charge in [0.1, 0.15) is 5.82 Å². The first-order chi connectivity index (χ1) is 8.58. The molecule has 1 aromatic carbocycles. The van der Waals surface area contributed by atoms with E-state index in [4.69, 9.17) is 12.2 Å².